The predicted octanol–water partition coefficient (Wildman–Crippen LogP) is 2.84. The van der Waals surface area contributed by atoms with E-state index in [4.69, 9.17) is 14.2 Å². The number of hydrogen-bond acceptors (Lipinski definition) is 6. The maximum atomic E-state index is 6.06. The van der Waals surface area contributed by atoms with E-state index < -0.39 is 0 Å². The third kappa shape index (κ3) is 3.10. The van der Waals surface area contributed by atoms with Gasteiger partial charge in [-0.3, -0.25) is 0 Å². The van der Waals surface area contributed by atoms with Crippen LogP contribution in [-0.2, 0) is 4.74 Å². The number of aromatic nitrogens is 3. The van der Waals surface area contributed by atoms with E-state index in [1.807, 2.05) is 30.3 Å². The number of methoxy groups -OCH3 is 1. The summed E-state index contributed by atoms with van der Waals surface area (Å²) in [6.07, 6.45) is 0.895. The van der Waals surface area contributed by atoms with Gasteiger partial charge in [0.25, 0.3) is 0 Å². The molecule has 3 heterocycles. The van der Waals surface area contributed by atoms with E-state index >= 15 is 0 Å². The van der Waals surface area contributed by atoms with Crippen LogP contribution in [-0.4, -0.2) is 48.4 Å². The second-order valence-corrected chi connectivity index (χ2v) is 5.88. The average molecular weight is 340 g/mol. The Hall–Kier alpha value is -2.80. The third-order valence-corrected chi connectivity index (χ3v) is 4.22. The highest BCUT2D eigenvalue weighted by Gasteiger charge is 2.21. The molecular weight excluding hydrogens is 320 g/mol. The number of fused-ring (bicyclic) bond motifs is 1. The Morgan fingerprint density at radius 3 is 2.96 bits per heavy atom. The van der Waals surface area contributed by atoms with E-state index in [1.54, 1.807) is 14.2 Å². The lowest BCUT2D eigenvalue weighted by Crippen LogP contribution is -2.17. The summed E-state index contributed by atoms with van der Waals surface area (Å²) in [6, 6.07) is 9.87. The first-order valence-corrected chi connectivity index (χ1v) is 8.24. The first-order valence-electron chi connectivity index (χ1n) is 8.24. The minimum atomic E-state index is 0.0259. The van der Waals surface area contributed by atoms with Gasteiger partial charge >= 0.3 is 0 Å². The molecule has 7 nitrogen and oxygen atoms in total. The van der Waals surface area contributed by atoms with Crippen molar-refractivity contribution < 1.29 is 14.2 Å². The molecule has 0 amide bonds. The molecule has 1 unspecified atom stereocenters. The standard InChI is InChI=1S/C18H20N4O3/c1-19-18-21-16-14(17(22-18)25-13-6-7-24-10-13)9-15(20-16)11-4-3-5-12(8-11)23-2/h3-5,8-9,13H,6-7,10H2,1-2H3,(H2,19,20,21,22). The van der Waals surface area contributed by atoms with E-state index in [0.29, 0.717) is 18.4 Å². The number of anilines is 1. The van der Waals surface area contributed by atoms with E-state index in [-0.39, 0.29) is 6.10 Å². The van der Waals surface area contributed by atoms with Crippen molar-refractivity contribution in [1.29, 1.82) is 0 Å². The smallest absolute Gasteiger partial charge is 0.228 e. The molecule has 4 rings (SSSR count). The van der Waals surface area contributed by atoms with Crippen molar-refractivity contribution in [3.63, 3.8) is 0 Å². The van der Waals surface area contributed by atoms with Crippen molar-refractivity contribution in [1.82, 2.24) is 15.0 Å². The molecule has 130 valence electrons. The van der Waals surface area contributed by atoms with Crippen LogP contribution in [0.1, 0.15) is 6.42 Å². The summed E-state index contributed by atoms with van der Waals surface area (Å²) >= 11 is 0. The SMILES string of the molecule is CNc1nc(OC2CCOC2)c2cc(-c3cccc(OC)c3)[nH]c2n1. The fraction of sp³-hybridized carbons (Fsp3) is 0.333. The molecule has 25 heavy (non-hydrogen) atoms. The van der Waals surface area contributed by atoms with Gasteiger partial charge in [0.15, 0.2) is 0 Å². The van der Waals surface area contributed by atoms with Crippen LogP contribution in [0, 0.1) is 0 Å². The molecule has 1 saturated heterocycles. The molecule has 1 aliphatic heterocycles. The monoisotopic (exact) mass is 340 g/mol. The highest BCUT2D eigenvalue weighted by molar-refractivity contribution is 5.88. The minimum Gasteiger partial charge on any atom is -0.497 e. The lowest BCUT2D eigenvalue weighted by atomic mass is 10.1. The van der Waals surface area contributed by atoms with Crippen LogP contribution in [0.5, 0.6) is 11.6 Å². The molecule has 0 radical (unpaired) electrons. The van der Waals surface area contributed by atoms with Gasteiger partial charge in [-0.1, -0.05) is 12.1 Å². The van der Waals surface area contributed by atoms with E-state index in [2.05, 4.69) is 20.3 Å². The molecule has 0 spiro atoms. The second-order valence-electron chi connectivity index (χ2n) is 5.88. The number of hydrogen-bond donors (Lipinski definition) is 2. The maximum Gasteiger partial charge on any atom is 0.228 e. The van der Waals surface area contributed by atoms with Crippen LogP contribution in [0.15, 0.2) is 30.3 Å². The molecule has 1 aromatic carbocycles. The van der Waals surface area contributed by atoms with Gasteiger partial charge in [0.2, 0.25) is 11.8 Å². The summed E-state index contributed by atoms with van der Waals surface area (Å²) in [5, 5.41) is 3.83. The van der Waals surface area contributed by atoms with Crippen molar-refractivity contribution >= 4 is 17.0 Å². The summed E-state index contributed by atoms with van der Waals surface area (Å²) in [6.45, 7) is 1.31. The second kappa shape index (κ2) is 6.60. The number of benzene rings is 1. The number of aromatic amines is 1. The Morgan fingerprint density at radius 2 is 2.20 bits per heavy atom. The summed E-state index contributed by atoms with van der Waals surface area (Å²) in [7, 11) is 3.44. The molecule has 3 aromatic rings. The van der Waals surface area contributed by atoms with E-state index in [1.165, 1.54) is 0 Å². The molecule has 1 fully saturated rings. The van der Waals surface area contributed by atoms with Gasteiger partial charge in [-0.15, -0.1) is 0 Å². The molecule has 2 aromatic heterocycles. The molecule has 0 aliphatic carbocycles. The predicted molar refractivity (Wildman–Crippen MR) is 95.3 cm³/mol. The van der Waals surface area contributed by atoms with E-state index in [9.17, 15) is 0 Å². The first kappa shape index (κ1) is 15.7. The molecule has 0 saturated carbocycles. The van der Waals surface area contributed by atoms with Gasteiger partial charge in [0.05, 0.1) is 25.7 Å². The number of ether oxygens (including phenoxy) is 3. The Kier molecular flexibility index (Phi) is 4.15. The highest BCUT2D eigenvalue weighted by Crippen LogP contribution is 2.31. The van der Waals surface area contributed by atoms with Crippen LogP contribution in [0.25, 0.3) is 22.3 Å². The Labute approximate surface area is 145 Å². The third-order valence-electron chi connectivity index (χ3n) is 4.22. The lowest BCUT2D eigenvalue weighted by Gasteiger charge is -2.12. The minimum absolute atomic E-state index is 0.0259. The van der Waals surface area contributed by atoms with Gasteiger partial charge in [0, 0.05) is 24.7 Å². The van der Waals surface area contributed by atoms with Crippen LogP contribution >= 0.6 is 0 Å². The largest absolute Gasteiger partial charge is 0.497 e. The van der Waals surface area contributed by atoms with Gasteiger partial charge < -0.3 is 24.5 Å². The van der Waals surface area contributed by atoms with E-state index in [0.717, 1.165) is 41.1 Å². The summed E-state index contributed by atoms with van der Waals surface area (Å²) in [5.74, 6) is 1.88. The van der Waals surface area contributed by atoms with Crippen molar-refractivity contribution in [2.45, 2.75) is 12.5 Å². The van der Waals surface area contributed by atoms with Gasteiger partial charge in [-0.2, -0.15) is 9.97 Å². The molecule has 1 aliphatic rings. The van der Waals surface area contributed by atoms with Gasteiger partial charge in [-0.05, 0) is 18.2 Å². The van der Waals surface area contributed by atoms with Crippen LogP contribution < -0.4 is 14.8 Å². The number of H-pyrrole nitrogens is 1. The highest BCUT2D eigenvalue weighted by atomic mass is 16.5. The lowest BCUT2D eigenvalue weighted by molar-refractivity contribution is 0.139. The average Bonchev–Trinajstić information content (AvgIpc) is 3.31. The zero-order chi connectivity index (χ0) is 17.2. The fourth-order valence-corrected chi connectivity index (χ4v) is 2.89. The Balaban J connectivity index is 1.77. The van der Waals surface area contributed by atoms with Gasteiger partial charge in [-0.25, -0.2) is 0 Å². The number of rotatable bonds is 5. The van der Waals surface area contributed by atoms with Gasteiger partial charge in [0.1, 0.15) is 17.5 Å². The molecular formula is C18H20N4O3. The molecule has 2 N–H and O–H groups in total. The van der Waals surface area contributed by atoms with Crippen molar-refractivity contribution in [3.8, 4) is 22.9 Å². The zero-order valence-electron chi connectivity index (χ0n) is 14.2. The van der Waals surface area contributed by atoms with Crippen molar-refractivity contribution in [2.75, 3.05) is 32.7 Å². The normalized spacial score (nSPS) is 17.0. The quantitative estimate of drug-likeness (QED) is 0.743. The van der Waals surface area contributed by atoms with Crippen LogP contribution in [0.2, 0.25) is 0 Å². The summed E-state index contributed by atoms with van der Waals surface area (Å²) < 4.78 is 16.8. The van der Waals surface area contributed by atoms with Crippen molar-refractivity contribution in [2.24, 2.45) is 0 Å². The first-order chi connectivity index (χ1) is 12.3. The van der Waals surface area contributed by atoms with Crippen LogP contribution in [0.3, 0.4) is 0 Å². The Morgan fingerprint density at radius 1 is 1.28 bits per heavy atom. The summed E-state index contributed by atoms with van der Waals surface area (Å²) in [4.78, 5) is 12.3. The topological polar surface area (TPSA) is 81.3 Å². The Bertz CT molecular complexity index is 887. The molecule has 0 bridgehead atoms. The number of nitrogens with one attached hydrogen (secondary N) is 2. The fourth-order valence-electron chi connectivity index (χ4n) is 2.89. The summed E-state index contributed by atoms with van der Waals surface area (Å²) in [5.41, 5.74) is 2.67. The molecule has 1 atom stereocenters. The molecule has 7 heteroatoms. The zero-order valence-corrected chi connectivity index (χ0v) is 14.2. The number of nitrogens with zero attached hydrogens (tertiary/aromatic N) is 2. The maximum absolute atomic E-state index is 6.06. The van der Waals surface area contributed by atoms with Crippen LogP contribution in [0.4, 0.5) is 5.95 Å². The van der Waals surface area contributed by atoms with Crippen molar-refractivity contribution in [3.05, 3.63) is 30.3 Å².